The van der Waals surface area contributed by atoms with E-state index in [2.05, 4.69) is 0 Å². The van der Waals surface area contributed by atoms with Crippen LogP contribution in [0.15, 0.2) is 18.2 Å². The molecule has 4 N–H and O–H groups in total. The maximum absolute atomic E-state index is 10.4. The zero-order valence-electron chi connectivity index (χ0n) is 7.69. The molecular formula is C10H12N2O2. The van der Waals surface area contributed by atoms with Crippen LogP contribution in [0.5, 0.6) is 0 Å². The first-order chi connectivity index (χ1) is 6.66. The summed E-state index contributed by atoms with van der Waals surface area (Å²) < 4.78 is 4.74. The summed E-state index contributed by atoms with van der Waals surface area (Å²) in [4.78, 5) is 10.4. The molecule has 0 bridgehead atoms. The van der Waals surface area contributed by atoms with Gasteiger partial charge < -0.3 is 16.2 Å². The van der Waals surface area contributed by atoms with Crippen LogP contribution < -0.4 is 11.5 Å². The Morgan fingerprint density at radius 3 is 3.00 bits per heavy atom. The number of anilines is 1. The second-order valence-corrected chi connectivity index (χ2v) is 3.49. The maximum Gasteiger partial charge on any atom is 0.404 e. The summed E-state index contributed by atoms with van der Waals surface area (Å²) in [6.07, 6.45) is 0.196. The number of fused-ring (bicyclic) bond motifs is 1. The predicted octanol–water partition coefficient (Wildman–Crippen LogP) is 1.00. The lowest BCUT2D eigenvalue weighted by atomic mass is 9.78. The third-order valence-corrected chi connectivity index (χ3v) is 2.50. The maximum atomic E-state index is 10.4. The number of nitrogen functional groups attached to an aromatic ring is 1. The standard InChI is InChI=1S/C10H12N2O2/c11-8-1-2-9-6(4-8)3-7(9)5-14-10(12)13/h1-2,4,7H,3,5,11H2,(H2,12,13). The number of hydrogen-bond acceptors (Lipinski definition) is 3. The molecule has 0 saturated carbocycles. The summed E-state index contributed by atoms with van der Waals surface area (Å²) in [6, 6.07) is 5.79. The van der Waals surface area contributed by atoms with Crippen molar-refractivity contribution in [2.75, 3.05) is 12.3 Å². The van der Waals surface area contributed by atoms with Gasteiger partial charge in [0, 0.05) is 11.6 Å². The zero-order chi connectivity index (χ0) is 10.1. The van der Waals surface area contributed by atoms with Crippen molar-refractivity contribution in [1.29, 1.82) is 0 Å². The first-order valence-corrected chi connectivity index (χ1v) is 4.47. The number of hydrogen-bond donors (Lipinski definition) is 2. The van der Waals surface area contributed by atoms with E-state index in [-0.39, 0.29) is 5.92 Å². The van der Waals surface area contributed by atoms with Crippen molar-refractivity contribution in [3.63, 3.8) is 0 Å². The molecule has 1 unspecified atom stereocenters. The number of primary amides is 1. The Balaban J connectivity index is 2.02. The van der Waals surface area contributed by atoms with Gasteiger partial charge in [-0.05, 0) is 29.7 Å². The van der Waals surface area contributed by atoms with Crippen molar-refractivity contribution in [3.05, 3.63) is 29.3 Å². The molecule has 4 nitrogen and oxygen atoms in total. The van der Waals surface area contributed by atoms with Gasteiger partial charge in [0.15, 0.2) is 0 Å². The normalized spacial score (nSPS) is 18.1. The molecule has 0 saturated heterocycles. The molecule has 1 aromatic rings. The van der Waals surface area contributed by atoms with E-state index >= 15 is 0 Å². The van der Waals surface area contributed by atoms with Gasteiger partial charge in [0.1, 0.15) is 6.61 Å². The van der Waals surface area contributed by atoms with Gasteiger partial charge >= 0.3 is 6.09 Å². The third kappa shape index (κ3) is 1.51. The number of carbonyl (C=O) groups is 1. The van der Waals surface area contributed by atoms with E-state index in [4.69, 9.17) is 16.2 Å². The summed E-state index contributed by atoms with van der Waals surface area (Å²) in [5.41, 5.74) is 13.7. The second kappa shape index (κ2) is 3.21. The van der Waals surface area contributed by atoms with Crippen LogP contribution >= 0.6 is 0 Å². The first-order valence-electron chi connectivity index (χ1n) is 4.47. The zero-order valence-corrected chi connectivity index (χ0v) is 7.69. The quantitative estimate of drug-likeness (QED) is 0.686. The summed E-state index contributed by atoms with van der Waals surface area (Å²) in [5, 5.41) is 0. The van der Waals surface area contributed by atoms with Crippen LogP contribution in [0.1, 0.15) is 17.0 Å². The van der Waals surface area contributed by atoms with Gasteiger partial charge in [-0.15, -0.1) is 0 Å². The molecule has 1 aliphatic rings. The molecule has 2 rings (SSSR count). The smallest absolute Gasteiger partial charge is 0.404 e. The Labute approximate surface area is 81.8 Å². The molecule has 74 valence electrons. The van der Waals surface area contributed by atoms with Crippen LogP contribution in [0.3, 0.4) is 0 Å². The Bertz CT molecular complexity index is 376. The van der Waals surface area contributed by atoms with E-state index in [1.54, 1.807) is 0 Å². The number of nitrogens with two attached hydrogens (primary N) is 2. The molecule has 1 aliphatic carbocycles. The highest BCUT2D eigenvalue weighted by Gasteiger charge is 2.26. The Hall–Kier alpha value is -1.71. The van der Waals surface area contributed by atoms with E-state index < -0.39 is 6.09 Å². The molecule has 4 heteroatoms. The van der Waals surface area contributed by atoms with Crippen molar-refractivity contribution in [3.8, 4) is 0 Å². The van der Waals surface area contributed by atoms with E-state index in [1.807, 2.05) is 18.2 Å². The molecule has 0 spiro atoms. The summed E-state index contributed by atoms with van der Waals surface area (Å²) >= 11 is 0. The van der Waals surface area contributed by atoms with E-state index in [0.29, 0.717) is 6.61 Å². The van der Waals surface area contributed by atoms with Gasteiger partial charge in [0.05, 0.1) is 0 Å². The van der Waals surface area contributed by atoms with Crippen molar-refractivity contribution in [2.24, 2.45) is 5.73 Å². The second-order valence-electron chi connectivity index (χ2n) is 3.49. The number of amides is 1. The van der Waals surface area contributed by atoms with Crippen molar-refractivity contribution >= 4 is 11.8 Å². The van der Waals surface area contributed by atoms with Crippen LogP contribution in [0.4, 0.5) is 10.5 Å². The Kier molecular flexibility index (Phi) is 2.04. The fraction of sp³-hybridized carbons (Fsp3) is 0.300. The average molecular weight is 192 g/mol. The minimum atomic E-state index is -0.714. The number of benzene rings is 1. The van der Waals surface area contributed by atoms with Crippen LogP contribution in [0.2, 0.25) is 0 Å². The summed E-state index contributed by atoms with van der Waals surface area (Å²) in [7, 11) is 0. The van der Waals surface area contributed by atoms with Gasteiger partial charge in [-0.2, -0.15) is 0 Å². The van der Waals surface area contributed by atoms with Gasteiger partial charge in [-0.1, -0.05) is 6.07 Å². The summed E-state index contributed by atoms with van der Waals surface area (Å²) in [6.45, 7) is 0.367. The Morgan fingerprint density at radius 2 is 2.36 bits per heavy atom. The fourth-order valence-corrected chi connectivity index (χ4v) is 1.78. The predicted molar refractivity (Wildman–Crippen MR) is 52.8 cm³/mol. The van der Waals surface area contributed by atoms with E-state index in [0.717, 1.165) is 12.1 Å². The largest absolute Gasteiger partial charge is 0.449 e. The Morgan fingerprint density at radius 1 is 1.57 bits per heavy atom. The highest BCUT2D eigenvalue weighted by Crippen LogP contribution is 2.36. The van der Waals surface area contributed by atoms with Gasteiger partial charge in [0.2, 0.25) is 0 Å². The van der Waals surface area contributed by atoms with Crippen molar-refractivity contribution < 1.29 is 9.53 Å². The molecule has 0 heterocycles. The summed E-state index contributed by atoms with van der Waals surface area (Å²) in [5.74, 6) is 0.290. The highest BCUT2D eigenvalue weighted by molar-refractivity contribution is 5.64. The van der Waals surface area contributed by atoms with E-state index in [1.165, 1.54) is 11.1 Å². The number of carbonyl (C=O) groups excluding carboxylic acids is 1. The highest BCUT2D eigenvalue weighted by atomic mass is 16.5. The molecule has 1 aromatic carbocycles. The van der Waals surface area contributed by atoms with Crippen LogP contribution in [0.25, 0.3) is 0 Å². The van der Waals surface area contributed by atoms with Gasteiger partial charge in [0.25, 0.3) is 0 Å². The van der Waals surface area contributed by atoms with Crippen LogP contribution in [-0.4, -0.2) is 12.7 Å². The topological polar surface area (TPSA) is 78.3 Å². The number of ether oxygens (including phenoxy) is 1. The minimum Gasteiger partial charge on any atom is -0.449 e. The van der Waals surface area contributed by atoms with E-state index in [9.17, 15) is 4.79 Å². The lowest BCUT2D eigenvalue weighted by Crippen LogP contribution is -2.25. The SMILES string of the molecule is NC(=O)OCC1Cc2cc(N)ccc21. The lowest BCUT2D eigenvalue weighted by molar-refractivity contribution is 0.145. The lowest BCUT2D eigenvalue weighted by Gasteiger charge is -2.29. The third-order valence-electron chi connectivity index (χ3n) is 2.50. The molecule has 0 radical (unpaired) electrons. The van der Waals surface area contributed by atoms with Crippen molar-refractivity contribution in [1.82, 2.24) is 0 Å². The fourth-order valence-electron chi connectivity index (χ4n) is 1.78. The number of rotatable bonds is 2. The van der Waals surface area contributed by atoms with Crippen LogP contribution in [0, 0.1) is 0 Å². The monoisotopic (exact) mass is 192 g/mol. The molecule has 0 fully saturated rings. The molecule has 0 aliphatic heterocycles. The molecule has 1 atom stereocenters. The van der Waals surface area contributed by atoms with Crippen LogP contribution in [-0.2, 0) is 11.2 Å². The molecule has 0 aromatic heterocycles. The van der Waals surface area contributed by atoms with Gasteiger partial charge in [-0.25, -0.2) is 4.79 Å². The molecule has 14 heavy (non-hydrogen) atoms. The van der Waals surface area contributed by atoms with Gasteiger partial charge in [-0.3, -0.25) is 0 Å². The first kappa shape index (κ1) is 8.87. The van der Waals surface area contributed by atoms with Crippen molar-refractivity contribution in [2.45, 2.75) is 12.3 Å². The molecule has 1 amide bonds. The minimum absolute atomic E-state index is 0.290. The average Bonchev–Trinajstić information content (AvgIpc) is 2.08. The molecular weight excluding hydrogens is 180 g/mol.